The lowest BCUT2D eigenvalue weighted by molar-refractivity contribution is 0.381. The van der Waals surface area contributed by atoms with E-state index in [0.29, 0.717) is 0 Å². The molecule has 2 rings (SSSR count). The summed E-state index contributed by atoms with van der Waals surface area (Å²) >= 11 is 0.892. The first-order valence-corrected chi connectivity index (χ1v) is 4.97. The second kappa shape index (κ2) is 3.86. The van der Waals surface area contributed by atoms with Gasteiger partial charge in [-0.1, -0.05) is 6.07 Å². The van der Waals surface area contributed by atoms with Gasteiger partial charge >= 0.3 is 0 Å². The third-order valence-corrected chi connectivity index (χ3v) is 2.86. The van der Waals surface area contributed by atoms with Crippen LogP contribution in [0, 0.1) is 29.1 Å². The van der Waals surface area contributed by atoms with Gasteiger partial charge in [-0.2, -0.15) is 0 Å². The van der Waals surface area contributed by atoms with Crippen LogP contribution in [0.2, 0.25) is 0 Å². The highest BCUT2D eigenvalue weighted by atomic mass is 32.1. The standard InChI is InChI=1S/C10H3F5S/c11-6-5(4-2-1-3-16-4)7(12)9(14)10(15)8(6)13/h1-3H. The molecule has 1 aromatic carbocycles. The molecule has 0 atom stereocenters. The minimum Gasteiger partial charge on any atom is -0.203 e. The molecule has 0 saturated heterocycles. The number of rotatable bonds is 1. The molecule has 0 aliphatic carbocycles. The lowest BCUT2D eigenvalue weighted by Crippen LogP contribution is -2.03. The summed E-state index contributed by atoms with van der Waals surface area (Å²) in [7, 11) is 0. The Kier molecular flexibility index (Phi) is 2.67. The molecule has 16 heavy (non-hydrogen) atoms. The highest BCUT2D eigenvalue weighted by Crippen LogP contribution is 2.33. The predicted molar refractivity (Wildman–Crippen MR) is 49.5 cm³/mol. The third kappa shape index (κ3) is 1.49. The maximum atomic E-state index is 13.3. The first kappa shape index (κ1) is 11.1. The summed E-state index contributed by atoms with van der Waals surface area (Å²) in [5.41, 5.74) is -0.883. The van der Waals surface area contributed by atoms with Crippen molar-refractivity contribution >= 4 is 11.3 Å². The van der Waals surface area contributed by atoms with E-state index in [1.807, 2.05) is 0 Å². The maximum absolute atomic E-state index is 13.3. The fourth-order valence-electron chi connectivity index (χ4n) is 1.24. The zero-order chi connectivity index (χ0) is 11.9. The van der Waals surface area contributed by atoms with Gasteiger partial charge in [0.05, 0.1) is 5.56 Å². The van der Waals surface area contributed by atoms with Crippen LogP contribution < -0.4 is 0 Å². The van der Waals surface area contributed by atoms with Gasteiger partial charge in [0.15, 0.2) is 23.3 Å². The molecule has 0 bridgehead atoms. The van der Waals surface area contributed by atoms with Crippen LogP contribution >= 0.6 is 11.3 Å². The van der Waals surface area contributed by atoms with Crippen molar-refractivity contribution in [3.05, 3.63) is 46.6 Å². The molecule has 0 aliphatic rings. The molecule has 84 valence electrons. The van der Waals surface area contributed by atoms with Crippen molar-refractivity contribution in [1.82, 2.24) is 0 Å². The smallest absolute Gasteiger partial charge is 0.200 e. The Bertz CT molecular complexity index is 504. The summed E-state index contributed by atoms with van der Waals surface area (Å²) in [5.74, 6) is -9.61. The maximum Gasteiger partial charge on any atom is 0.200 e. The zero-order valence-electron chi connectivity index (χ0n) is 7.53. The van der Waals surface area contributed by atoms with E-state index < -0.39 is 34.6 Å². The van der Waals surface area contributed by atoms with Crippen LogP contribution in [0.15, 0.2) is 17.5 Å². The van der Waals surface area contributed by atoms with Gasteiger partial charge in [0.1, 0.15) is 0 Å². The molecule has 0 aliphatic heterocycles. The van der Waals surface area contributed by atoms with Crippen LogP contribution in [-0.2, 0) is 0 Å². The van der Waals surface area contributed by atoms with Crippen molar-refractivity contribution in [2.45, 2.75) is 0 Å². The Morgan fingerprint density at radius 1 is 0.750 bits per heavy atom. The van der Waals surface area contributed by atoms with E-state index in [1.165, 1.54) is 17.5 Å². The Labute approximate surface area is 91.0 Å². The second-order valence-corrected chi connectivity index (χ2v) is 3.87. The Hall–Kier alpha value is -1.43. The molecule has 0 amide bonds. The van der Waals surface area contributed by atoms with Crippen molar-refractivity contribution in [2.24, 2.45) is 0 Å². The van der Waals surface area contributed by atoms with E-state index in [4.69, 9.17) is 0 Å². The van der Waals surface area contributed by atoms with Crippen LogP contribution in [0.3, 0.4) is 0 Å². The van der Waals surface area contributed by atoms with E-state index in [0.717, 1.165) is 11.3 Å². The van der Waals surface area contributed by atoms with E-state index in [1.54, 1.807) is 0 Å². The minimum atomic E-state index is -2.14. The van der Waals surface area contributed by atoms with Crippen LogP contribution in [0.5, 0.6) is 0 Å². The first-order chi connectivity index (χ1) is 7.54. The van der Waals surface area contributed by atoms with E-state index >= 15 is 0 Å². The Balaban J connectivity index is 2.81. The van der Waals surface area contributed by atoms with E-state index in [9.17, 15) is 22.0 Å². The molecule has 0 saturated carbocycles. The fourth-order valence-corrected chi connectivity index (χ4v) is 2.00. The van der Waals surface area contributed by atoms with Crippen molar-refractivity contribution in [3.63, 3.8) is 0 Å². The number of hydrogen-bond acceptors (Lipinski definition) is 1. The quantitative estimate of drug-likeness (QED) is 0.406. The van der Waals surface area contributed by atoms with Crippen LogP contribution in [0.25, 0.3) is 10.4 Å². The number of hydrogen-bond donors (Lipinski definition) is 0. The Morgan fingerprint density at radius 3 is 1.69 bits per heavy atom. The van der Waals surface area contributed by atoms with Gasteiger partial charge in [0.25, 0.3) is 0 Å². The zero-order valence-corrected chi connectivity index (χ0v) is 8.35. The Morgan fingerprint density at radius 2 is 1.25 bits per heavy atom. The monoisotopic (exact) mass is 250 g/mol. The molecule has 0 unspecified atom stereocenters. The van der Waals surface area contributed by atoms with Crippen molar-refractivity contribution in [3.8, 4) is 10.4 Å². The van der Waals surface area contributed by atoms with Crippen LogP contribution in [0.1, 0.15) is 0 Å². The van der Waals surface area contributed by atoms with E-state index in [2.05, 4.69) is 0 Å². The van der Waals surface area contributed by atoms with Crippen molar-refractivity contribution in [2.75, 3.05) is 0 Å². The fraction of sp³-hybridized carbons (Fsp3) is 0. The number of halogens is 5. The van der Waals surface area contributed by atoms with Gasteiger partial charge in [-0.05, 0) is 11.4 Å². The highest BCUT2D eigenvalue weighted by molar-refractivity contribution is 7.13. The van der Waals surface area contributed by atoms with Crippen LogP contribution in [-0.4, -0.2) is 0 Å². The lowest BCUT2D eigenvalue weighted by atomic mass is 10.1. The summed E-state index contributed by atoms with van der Waals surface area (Å²) in [6.45, 7) is 0. The van der Waals surface area contributed by atoms with Crippen molar-refractivity contribution in [1.29, 1.82) is 0 Å². The average Bonchev–Trinajstić information content (AvgIpc) is 2.77. The summed E-state index contributed by atoms with van der Waals surface area (Å²) in [6.07, 6.45) is 0. The molecule has 0 radical (unpaired) electrons. The molecule has 0 fully saturated rings. The minimum absolute atomic E-state index is 0.00667. The molecule has 2 aromatic rings. The van der Waals surface area contributed by atoms with Gasteiger partial charge < -0.3 is 0 Å². The normalized spacial score (nSPS) is 10.8. The van der Waals surface area contributed by atoms with Gasteiger partial charge in [0.2, 0.25) is 5.82 Å². The first-order valence-electron chi connectivity index (χ1n) is 4.09. The molecular weight excluding hydrogens is 247 g/mol. The predicted octanol–water partition coefficient (Wildman–Crippen LogP) is 4.11. The van der Waals surface area contributed by atoms with Crippen molar-refractivity contribution < 1.29 is 22.0 Å². The average molecular weight is 250 g/mol. The lowest BCUT2D eigenvalue weighted by Gasteiger charge is -2.05. The van der Waals surface area contributed by atoms with Gasteiger partial charge in [0, 0.05) is 4.88 Å². The van der Waals surface area contributed by atoms with Gasteiger partial charge in [-0.3, -0.25) is 0 Å². The summed E-state index contributed by atoms with van der Waals surface area (Å²) in [6, 6.07) is 2.74. The van der Waals surface area contributed by atoms with Crippen LogP contribution in [0.4, 0.5) is 22.0 Å². The summed E-state index contributed by atoms with van der Waals surface area (Å²) in [5, 5.41) is 1.48. The SMILES string of the molecule is Fc1c(F)c(F)c(-c2cccs2)c(F)c1F. The van der Waals surface area contributed by atoms with Gasteiger partial charge in [-0.15, -0.1) is 11.3 Å². The molecule has 0 N–H and O–H groups in total. The largest absolute Gasteiger partial charge is 0.203 e. The molecule has 0 spiro atoms. The summed E-state index contributed by atoms with van der Waals surface area (Å²) in [4.78, 5) is -0.00667. The molecule has 6 heteroatoms. The highest BCUT2D eigenvalue weighted by Gasteiger charge is 2.26. The molecule has 1 heterocycles. The number of benzene rings is 1. The topological polar surface area (TPSA) is 0 Å². The summed E-state index contributed by atoms with van der Waals surface area (Å²) < 4.78 is 64.9. The third-order valence-electron chi connectivity index (χ3n) is 1.98. The van der Waals surface area contributed by atoms with E-state index in [-0.39, 0.29) is 4.88 Å². The van der Waals surface area contributed by atoms with Gasteiger partial charge in [-0.25, -0.2) is 22.0 Å². The molecular formula is C10H3F5S. The number of thiophene rings is 1. The second-order valence-electron chi connectivity index (χ2n) is 2.92. The molecule has 1 aromatic heterocycles. The molecule has 0 nitrogen and oxygen atoms in total.